The van der Waals surface area contributed by atoms with E-state index in [1.165, 1.54) is 5.56 Å². The number of methoxy groups -OCH3 is 1. The number of amides is 1. The zero-order valence-corrected chi connectivity index (χ0v) is 16.6. The van der Waals surface area contributed by atoms with Crippen molar-refractivity contribution in [2.75, 3.05) is 13.7 Å². The van der Waals surface area contributed by atoms with Crippen LogP contribution in [0.3, 0.4) is 0 Å². The van der Waals surface area contributed by atoms with E-state index >= 15 is 0 Å². The summed E-state index contributed by atoms with van der Waals surface area (Å²) in [6.45, 7) is 2.61. The van der Waals surface area contributed by atoms with Gasteiger partial charge in [0.2, 0.25) is 0 Å². The van der Waals surface area contributed by atoms with Crippen LogP contribution in [-0.2, 0) is 6.42 Å². The monoisotopic (exact) mass is 385 g/mol. The smallest absolute Gasteiger partial charge is 0.255 e. The topological polar surface area (TPSA) is 51.5 Å². The molecule has 0 aliphatic rings. The van der Waals surface area contributed by atoms with E-state index in [9.17, 15) is 4.79 Å². The van der Waals surface area contributed by atoms with Gasteiger partial charge in [0.1, 0.15) is 11.3 Å². The fourth-order valence-corrected chi connectivity index (χ4v) is 3.57. The molecular formula is C25H23NO3. The van der Waals surface area contributed by atoms with Crippen molar-refractivity contribution in [2.45, 2.75) is 13.3 Å². The SMILES string of the molecule is COc1ccc(-c2coc3c(C(=O)NCCc4ccccc4)cccc23)c(C)c1. The van der Waals surface area contributed by atoms with Gasteiger partial charge in [-0.25, -0.2) is 0 Å². The fourth-order valence-electron chi connectivity index (χ4n) is 3.57. The number of carbonyl (C=O) groups excluding carboxylic acids is 1. The van der Waals surface area contributed by atoms with Gasteiger partial charge in [0.15, 0.2) is 0 Å². The Labute approximate surface area is 170 Å². The Morgan fingerprint density at radius 2 is 1.83 bits per heavy atom. The van der Waals surface area contributed by atoms with Gasteiger partial charge >= 0.3 is 0 Å². The van der Waals surface area contributed by atoms with Crippen molar-refractivity contribution in [1.29, 1.82) is 0 Å². The number of benzene rings is 3. The summed E-state index contributed by atoms with van der Waals surface area (Å²) in [7, 11) is 1.66. The molecule has 0 spiro atoms. The van der Waals surface area contributed by atoms with Gasteiger partial charge in [0, 0.05) is 17.5 Å². The van der Waals surface area contributed by atoms with E-state index < -0.39 is 0 Å². The van der Waals surface area contributed by atoms with Crippen molar-refractivity contribution in [3.05, 3.63) is 89.7 Å². The first kappa shape index (κ1) is 18.8. The molecule has 0 atom stereocenters. The Morgan fingerprint density at radius 3 is 2.59 bits per heavy atom. The summed E-state index contributed by atoms with van der Waals surface area (Å²) in [5, 5.41) is 3.92. The average molecular weight is 385 g/mol. The summed E-state index contributed by atoms with van der Waals surface area (Å²) < 4.78 is 11.1. The summed E-state index contributed by atoms with van der Waals surface area (Å²) in [6, 6.07) is 21.7. The summed E-state index contributed by atoms with van der Waals surface area (Å²) in [4.78, 5) is 12.8. The predicted molar refractivity (Wildman–Crippen MR) is 115 cm³/mol. The van der Waals surface area contributed by atoms with Crippen LogP contribution in [0, 0.1) is 6.92 Å². The number of aryl methyl sites for hydroxylation is 1. The third-order valence-corrected chi connectivity index (χ3v) is 5.11. The second-order valence-electron chi connectivity index (χ2n) is 7.00. The van der Waals surface area contributed by atoms with Gasteiger partial charge in [-0.3, -0.25) is 4.79 Å². The molecule has 0 unspecified atom stereocenters. The third kappa shape index (κ3) is 3.87. The Hall–Kier alpha value is -3.53. The number of para-hydroxylation sites is 1. The minimum Gasteiger partial charge on any atom is -0.497 e. The predicted octanol–water partition coefficient (Wildman–Crippen LogP) is 5.39. The molecule has 4 rings (SSSR count). The molecule has 0 aliphatic heterocycles. The number of rotatable bonds is 6. The lowest BCUT2D eigenvalue weighted by Crippen LogP contribution is -2.25. The standard InChI is InChI=1S/C25H23NO3/c1-17-15-19(28-2)11-12-20(17)23-16-29-24-21(23)9-6-10-22(24)25(27)26-14-13-18-7-4-3-5-8-18/h3-12,15-16H,13-14H2,1-2H3,(H,26,27). The quantitative estimate of drug-likeness (QED) is 0.484. The van der Waals surface area contributed by atoms with Crippen LogP contribution in [0.15, 0.2) is 77.4 Å². The largest absolute Gasteiger partial charge is 0.497 e. The van der Waals surface area contributed by atoms with E-state index in [1.54, 1.807) is 19.4 Å². The molecule has 0 aliphatic carbocycles. The molecule has 29 heavy (non-hydrogen) atoms. The molecule has 0 bridgehead atoms. The number of nitrogens with one attached hydrogen (secondary N) is 1. The van der Waals surface area contributed by atoms with E-state index in [4.69, 9.17) is 9.15 Å². The van der Waals surface area contributed by atoms with Gasteiger partial charge in [-0.1, -0.05) is 48.5 Å². The minimum atomic E-state index is -0.126. The van der Waals surface area contributed by atoms with Crippen molar-refractivity contribution >= 4 is 16.9 Å². The Morgan fingerprint density at radius 1 is 1.00 bits per heavy atom. The molecule has 4 heteroatoms. The fraction of sp³-hybridized carbons (Fsp3) is 0.160. The van der Waals surface area contributed by atoms with Gasteiger partial charge < -0.3 is 14.5 Å². The van der Waals surface area contributed by atoms with Crippen molar-refractivity contribution in [1.82, 2.24) is 5.32 Å². The molecule has 3 aromatic carbocycles. The highest BCUT2D eigenvalue weighted by Crippen LogP contribution is 2.35. The molecule has 1 aromatic heterocycles. The Bertz CT molecular complexity index is 1150. The number of carbonyl (C=O) groups is 1. The van der Waals surface area contributed by atoms with Crippen LogP contribution in [0.25, 0.3) is 22.1 Å². The number of hydrogen-bond acceptors (Lipinski definition) is 3. The zero-order valence-electron chi connectivity index (χ0n) is 16.6. The average Bonchev–Trinajstić information content (AvgIpc) is 3.18. The Kier molecular flexibility index (Phi) is 5.34. The van der Waals surface area contributed by atoms with E-state index in [0.717, 1.165) is 34.2 Å². The highest BCUT2D eigenvalue weighted by Gasteiger charge is 2.17. The number of hydrogen-bond donors (Lipinski definition) is 1. The summed E-state index contributed by atoms with van der Waals surface area (Å²) in [5.41, 5.74) is 5.47. The number of ether oxygens (including phenoxy) is 1. The lowest BCUT2D eigenvalue weighted by Gasteiger charge is -2.08. The summed E-state index contributed by atoms with van der Waals surface area (Å²) in [5.74, 6) is 0.691. The molecular weight excluding hydrogens is 362 g/mol. The van der Waals surface area contributed by atoms with Gasteiger partial charge in [-0.2, -0.15) is 0 Å². The molecule has 0 fully saturated rings. The molecule has 4 aromatic rings. The lowest BCUT2D eigenvalue weighted by atomic mass is 9.98. The highest BCUT2D eigenvalue weighted by atomic mass is 16.5. The third-order valence-electron chi connectivity index (χ3n) is 5.11. The van der Waals surface area contributed by atoms with Crippen LogP contribution < -0.4 is 10.1 Å². The molecule has 1 heterocycles. The number of furan rings is 1. The maximum atomic E-state index is 12.8. The molecule has 1 amide bonds. The van der Waals surface area contributed by atoms with E-state index in [0.29, 0.717) is 17.7 Å². The second kappa shape index (κ2) is 8.23. The van der Waals surface area contributed by atoms with Crippen LogP contribution >= 0.6 is 0 Å². The van der Waals surface area contributed by atoms with Crippen molar-refractivity contribution in [3.8, 4) is 16.9 Å². The van der Waals surface area contributed by atoms with Crippen LogP contribution in [0.5, 0.6) is 5.75 Å². The molecule has 0 radical (unpaired) electrons. The van der Waals surface area contributed by atoms with E-state index in [-0.39, 0.29) is 5.91 Å². The maximum absolute atomic E-state index is 12.8. The molecule has 0 saturated carbocycles. The van der Waals surface area contributed by atoms with E-state index in [1.807, 2.05) is 55.5 Å². The maximum Gasteiger partial charge on any atom is 0.255 e. The lowest BCUT2D eigenvalue weighted by molar-refractivity contribution is 0.0955. The first-order valence-corrected chi connectivity index (χ1v) is 9.64. The van der Waals surface area contributed by atoms with Gasteiger partial charge in [-0.15, -0.1) is 0 Å². The zero-order chi connectivity index (χ0) is 20.2. The minimum absolute atomic E-state index is 0.126. The Balaban J connectivity index is 1.58. The molecule has 4 nitrogen and oxygen atoms in total. The van der Waals surface area contributed by atoms with Gasteiger partial charge in [-0.05, 0) is 48.2 Å². The summed E-state index contributed by atoms with van der Waals surface area (Å²) in [6.07, 6.45) is 2.51. The first-order chi connectivity index (χ1) is 14.2. The van der Waals surface area contributed by atoms with Gasteiger partial charge in [0.25, 0.3) is 5.91 Å². The first-order valence-electron chi connectivity index (χ1n) is 9.64. The molecule has 1 N–H and O–H groups in total. The van der Waals surface area contributed by atoms with Gasteiger partial charge in [0.05, 0.1) is 18.9 Å². The molecule has 0 saturated heterocycles. The van der Waals surface area contributed by atoms with Crippen LogP contribution in [0.2, 0.25) is 0 Å². The number of fused-ring (bicyclic) bond motifs is 1. The normalized spacial score (nSPS) is 10.8. The van der Waals surface area contributed by atoms with Crippen molar-refractivity contribution in [2.24, 2.45) is 0 Å². The summed E-state index contributed by atoms with van der Waals surface area (Å²) >= 11 is 0. The van der Waals surface area contributed by atoms with Crippen LogP contribution in [-0.4, -0.2) is 19.6 Å². The van der Waals surface area contributed by atoms with Crippen LogP contribution in [0.4, 0.5) is 0 Å². The second-order valence-corrected chi connectivity index (χ2v) is 7.00. The van der Waals surface area contributed by atoms with Crippen molar-refractivity contribution in [3.63, 3.8) is 0 Å². The highest BCUT2D eigenvalue weighted by molar-refractivity contribution is 6.08. The van der Waals surface area contributed by atoms with E-state index in [2.05, 4.69) is 17.4 Å². The van der Waals surface area contributed by atoms with Crippen LogP contribution in [0.1, 0.15) is 21.5 Å². The van der Waals surface area contributed by atoms with Crippen molar-refractivity contribution < 1.29 is 13.9 Å². The molecule has 146 valence electrons.